The molecule has 0 aromatic rings. The number of carbonyl (C=O) groups is 3. The van der Waals surface area contributed by atoms with Gasteiger partial charge in [0.1, 0.15) is 13.2 Å². The van der Waals surface area contributed by atoms with E-state index in [-0.39, 0.29) is 31.1 Å². The lowest BCUT2D eigenvalue weighted by Gasteiger charge is -2.18. The Bertz CT molecular complexity index is 1300. The molecule has 0 saturated carbocycles. The summed E-state index contributed by atoms with van der Waals surface area (Å²) in [6, 6.07) is 0. The number of allylic oxidation sites excluding steroid dienone is 16. The maximum absolute atomic E-state index is 12.8. The van der Waals surface area contributed by atoms with Crippen LogP contribution in [0.1, 0.15) is 233 Å². The van der Waals surface area contributed by atoms with Crippen LogP contribution in [0.25, 0.3) is 0 Å². The molecule has 0 amide bonds. The molecule has 0 heterocycles. The van der Waals surface area contributed by atoms with Crippen LogP contribution < -0.4 is 0 Å². The van der Waals surface area contributed by atoms with Crippen LogP contribution in [0.15, 0.2) is 97.2 Å². The second-order valence-corrected chi connectivity index (χ2v) is 17.0. The smallest absolute Gasteiger partial charge is 0.306 e. The van der Waals surface area contributed by atoms with Gasteiger partial charge in [-0.25, -0.2) is 0 Å². The van der Waals surface area contributed by atoms with E-state index in [0.717, 1.165) is 148 Å². The fourth-order valence-electron chi connectivity index (χ4n) is 6.91. The van der Waals surface area contributed by atoms with Gasteiger partial charge in [-0.05, 0) is 116 Å². The van der Waals surface area contributed by atoms with Crippen molar-refractivity contribution in [1.29, 1.82) is 0 Å². The van der Waals surface area contributed by atoms with Crippen LogP contribution in [-0.4, -0.2) is 37.2 Å². The van der Waals surface area contributed by atoms with E-state index in [4.69, 9.17) is 14.2 Å². The maximum Gasteiger partial charge on any atom is 0.306 e. The summed E-state index contributed by atoms with van der Waals surface area (Å²) in [6.45, 7) is 6.35. The van der Waals surface area contributed by atoms with E-state index in [1.54, 1.807) is 0 Å². The predicted octanol–water partition coefficient (Wildman–Crippen LogP) is 17.4. The highest BCUT2D eigenvalue weighted by Gasteiger charge is 2.19. The second-order valence-electron chi connectivity index (χ2n) is 17.0. The summed E-state index contributed by atoms with van der Waals surface area (Å²) in [5.74, 6) is -0.937. The van der Waals surface area contributed by atoms with Crippen molar-refractivity contribution in [1.82, 2.24) is 0 Å². The Morgan fingerprint density at radius 2 is 0.609 bits per heavy atom. The van der Waals surface area contributed by atoms with Gasteiger partial charge in [-0.3, -0.25) is 14.4 Å². The van der Waals surface area contributed by atoms with Crippen molar-refractivity contribution in [3.63, 3.8) is 0 Å². The maximum atomic E-state index is 12.8. The van der Waals surface area contributed by atoms with Gasteiger partial charge in [-0.2, -0.15) is 0 Å². The van der Waals surface area contributed by atoms with Gasteiger partial charge in [0.2, 0.25) is 0 Å². The SMILES string of the molecule is CC/C=C\C/C=C\C/C=C\C/C=C\CCCCCCCCC(=O)OCC(COC(=O)CCCCCCC/C=C\CCCCC)OC(=O)CCCCCCC/C=C\C/C=C\C/C=C\CC. The molecule has 6 heteroatoms. The third-order valence-electron chi connectivity index (χ3n) is 10.8. The van der Waals surface area contributed by atoms with Crippen LogP contribution in [0, 0.1) is 0 Å². The minimum Gasteiger partial charge on any atom is -0.462 e. The van der Waals surface area contributed by atoms with Crippen molar-refractivity contribution in [3.8, 4) is 0 Å². The van der Waals surface area contributed by atoms with Crippen LogP contribution >= 0.6 is 0 Å². The first-order chi connectivity index (χ1) is 31.5. The summed E-state index contributed by atoms with van der Waals surface area (Å²) in [5.41, 5.74) is 0. The van der Waals surface area contributed by atoms with Crippen LogP contribution in [-0.2, 0) is 28.6 Å². The molecule has 0 aromatic carbocycles. The molecule has 1 unspecified atom stereocenters. The molecule has 6 nitrogen and oxygen atoms in total. The van der Waals surface area contributed by atoms with Gasteiger partial charge in [0.05, 0.1) is 0 Å². The van der Waals surface area contributed by atoms with Crippen LogP contribution in [0.3, 0.4) is 0 Å². The van der Waals surface area contributed by atoms with Crippen LogP contribution in [0.2, 0.25) is 0 Å². The Labute approximate surface area is 394 Å². The second kappa shape index (κ2) is 52.0. The first-order valence-corrected chi connectivity index (χ1v) is 26.2. The summed E-state index contributed by atoms with van der Waals surface area (Å²) < 4.78 is 16.8. The standard InChI is InChI=1S/C58H96O6/c1-4-7-10-13-16-19-22-25-27-28-29-30-32-33-36-39-42-45-48-51-57(60)63-54-55(53-62-56(59)50-47-44-41-38-35-24-21-18-15-12-9-6-3)64-58(61)52-49-46-43-40-37-34-31-26-23-20-17-14-11-8-5-2/h7-8,10-11,16-21,25-27,29-31,55H,4-6,9,12-15,22-24,28,32-54H2,1-3H3/b10-7-,11-8-,19-16-,20-17-,21-18-,27-25-,30-29-,31-26-. The predicted molar refractivity (Wildman–Crippen MR) is 274 cm³/mol. The average Bonchev–Trinajstić information content (AvgIpc) is 3.29. The van der Waals surface area contributed by atoms with Crippen molar-refractivity contribution in [3.05, 3.63) is 97.2 Å². The number of carbonyl (C=O) groups excluding carboxylic acids is 3. The van der Waals surface area contributed by atoms with Gasteiger partial charge >= 0.3 is 17.9 Å². The van der Waals surface area contributed by atoms with E-state index in [1.807, 2.05) is 0 Å². The fourth-order valence-corrected chi connectivity index (χ4v) is 6.91. The monoisotopic (exact) mass is 889 g/mol. The van der Waals surface area contributed by atoms with Gasteiger partial charge in [0, 0.05) is 19.3 Å². The minimum atomic E-state index is -0.796. The largest absolute Gasteiger partial charge is 0.462 e. The quantitative estimate of drug-likeness (QED) is 0.0262. The third kappa shape index (κ3) is 49.3. The minimum absolute atomic E-state index is 0.0947. The lowest BCUT2D eigenvalue weighted by molar-refractivity contribution is -0.167. The highest BCUT2D eigenvalue weighted by Crippen LogP contribution is 2.13. The number of unbranched alkanes of at least 4 members (excludes halogenated alkanes) is 19. The zero-order chi connectivity index (χ0) is 46.5. The topological polar surface area (TPSA) is 78.9 Å². The average molecular weight is 889 g/mol. The molecular formula is C58H96O6. The molecule has 0 radical (unpaired) electrons. The fraction of sp³-hybridized carbons (Fsp3) is 0.672. The molecular weight excluding hydrogens is 793 g/mol. The summed E-state index contributed by atoms with van der Waals surface area (Å²) in [4.78, 5) is 38.0. The number of hydrogen-bond donors (Lipinski definition) is 0. The van der Waals surface area contributed by atoms with E-state index in [1.165, 1.54) is 44.9 Å². The van der Waals surface area contributed by atoms with E-state index >= 15 is 0 Å². The van der Waals surface area contributed by atoms with Crippen LogP contribution in [0.5, 0.6) is 0 Å². The molecule has 0 aliphatic carbocycles. The molecule has 0 rings (SSSR count). The molecule has 0 saturated heterocycles. The van der Waals surface area contributed by atoms with Crippen molar-refractivity contribution >= 4 is 17.9 Å². The Kier molecular flexibility index (Phi) is 49.0. The Morgan fingerprint density at radius 1 is 0.328 bits per heavy atom. The summed E-state index contributed by atoms with van der Waals surface area (Å²) in [6.07, 6.45) is 68.1. The van der Waals surface area contributed by atoms with Gasteiger partial charge in [0.15, 0.2) is 6.10 Å². The van der Waals surface area contributed by atoms with E-state index < -0.39 is 6.10 Å². The Morgan fingerprint density at radius 3 is 0.969 bits per heavy atom. The first-order valence-electron chi connectivity index (χ1n) is 26.2. The Balaban J connectivity index is 4.43. The molecule has 0 N–H and O–H groups in total. The van der Waals surface area contributed by atoms with E-state index in [0.29, 0.717) is 19.3 Å². The summed E-state index contributed by atoms with van der Waals surface area (Å²) in [7, 11) is 0. The summed E-state index contributed by atoms with van der Waals surface area (Å²) >= 11 is 0. The van der Waals surface area contributed by atoms with Gasteiger partial charge in [-0.15, -0.1) is 0 Å². The van der Waals surface area contributed by atoms with Gasteiger partial charge < -0.3 is 14.2 Å². The number of ether oxygens (including phenoxy) is 3. The number of hydrogen-bond acceptors (Lipinski definition) is 6. The van der Waals surface area contributed by atoms with E-state index in [2.05, 4.69) is 118 Å². The lowest BCUT2D eigenvalue weighted by atomic mass is 10.1. The van der Waals surface area contributed by atoms with Crippen molar-refractivity contribution in [2.24, 2.45) is 0 Å². The number of esters is 3. The zero-order valence-corrected chi connectivity index (χ0v) is 41.5. The van der Waals surface area contributed by atoms with Crippen molar-refractivity contribution in [2.45, 2.75) is 239 Å². The molecule has 1 atom stereocenters. The summed E-state index contributed by atoms with van der Waals surface area (Å²) in [5, 5.41) is 0. The normalized spacial score (nSPS) is 12.9. The molecule has 364 valence electrons. The van der Waals surface area contributed by atoms with Crippen molar-refractivity contribution in [2.75, 3.05) is 13.2 Å². The lowest BCUT2D eigenvalue weighted by Crippen LogP contribution is -2.30. The molecule has 0 spiro atoms. The molecule has 0 aliphatic heterocycles. The first kappa shape index (κ1) is 60.3. The van der Waals surface area contributed by atoms with E-state index in [9.17, 15) is 14.4 Å². The highest BCUT2D eigenvalue weighted by molar-refractivity contribution is 5.71. The highest BCUT2D eigenvalue weighted by atomic mass is 16.6. The van der Waals surface area contributed by atoms with Crippen LogP contribution in [0.4, 0.5) is 0 Å². The van der Waals surface area contributed by atoms with Crippen molar-refractivity contribution < 1.29 is 28.6 Å². The molecule has 0 bridgehead atoms. The molecule has 0 aliphatic rings. The third-order valence-corrected chi connectivity index (χ3v) is 10.8. The molecule has 64 heavy (non-hydrogen) atoms. The number of rotatable bonds is 46. The van der Waals surface area contributed by atoms with Gasteiger partial charge in [-0.1, -0.05) is 195 Å². The van der Waals surface area contributed by atoms with Gasteiger partial charge in [0.25, 0.3) is 0 Å². The molecule has 0 aromatic heterocycles. The molecule has 0 fully saturated rings. The zero-order valence-electron chi connectivity index (χ0n) is 41.5. The Hall–Kier alpha value is -3.67.